The number of nitrogens with one attached hydrogen (secondary N) is 1. The van der Waals surface area contributed by atoms with Gasteiger partial charge in [0.05, 0.1) is 0 Å². The fourth-order valence-corrected chi connectivity index (χ4v) is 2.14. The Morgan fingerprint density at radius 2 is 2.29 bits per heavy atom. The molecule has 0 unspecified atom stereocenters. The third kappa shape index (κ3) is 2.90. The average molecular weight is 300 g/mol. The number of hydrogen-bond acceptors (Lipinski definition) is 2. The molecule has 0 aliphatic heterocycles. The highest BCUT2D eigenvalue weighted by Crippen LogP contribution is 2.37. The van der Waals surface area contributed by atoms with Crippen LogP contribution in [0.2, 0.25) is 0 Å². The fraction of sp³-hybridized carbons (Fsp3) is 0.583. The summed E-state index contributed by atoms with van der Waals surface area (Å²) in [6.45, 7) is 4.26. The van der Waals surface area contributed by atoms with Crippen molar-refractivity contribution < 1.29 is 4.79 Å². The number of amides is 1. The summed E-state index contributed by atoms with van der Waals surface area (Å²) in [5, 5.41) is 2.95. The predicted octanol–water partition coefficient (Wildman–Crippen LogP) is 2.05. The Hall–Kier alpha value is -0.810. The van der Waals surface area contributed by atoms with Gasteiger partial charge in [0.1, 0.15) is 5.69 Å². The van der Waals surface area contributed by atoms with Crippen LogP contribution in [0.4, 0.5) is 0 Å². The van der Waals surface area contributed by atoms with E-state index in [0.29, 0.717) is 18.3 Å². The fourth-order valence-electron chi connectivity index (χ4n) is 1.70. The van der Waals surface area contributed by atoms with Crippen LogP contribution in [-0.4, -0.2) is 22.6 Å². The Labute approximate surface area is 110 Å². The van der Waals surface area contributed by atoms with E-state index >= 15 is 0 Å². The Morgan fingerprint density at radius 3 is 2.82 bits per heavy atom. The van der Waals surface area contributed by atoms with Crippen molar-refractivity contribution in [3.8, 4) is 0 Å². The van der Waals surface area contributed by atoms with E-state index < -0.39 is 0 Å². The number of hydrogen-bond donors (Lipinski definition) is 2. The van der Waals surface area contributed by atoms with Gasteiger partial charge in [-0.3, -0.25) is 4.79 Å². The monoisotopic (exact) mass is 299 g/mol. The Kier molecular flexibility index (Phi) is 3.32. The van der Waals surface area contributed by atoms with E-state index in [-0.39, 0.29) is 11.4 Å². The van der Waals surface area contributed by atoms with Gasteiger partial charge in [-0.1, -0.05) is 0 Å². The Morgan fingerprint density at radius 1 is 1.65 bits per heavy atom. The minimum absolute atomic E-state index is 0.0574. The summed E-state index contributed by atoms with van der Waals surface area (Å²) >= 11 is 3.42. The Balaban J connectivity index is 2.18. The molecule has 1 aromatic heterocycles. The van der Waals surface area contributed by atoms with Gasteiger partial charge in [0, 0.05) is 28.8 Å². The van der Waals surface area contributed by atoms with Crippen molar-refractivity contribution in [3.05, 3.63) is 22.4 Å². The zero-order valence-electron chi connectivity index (χ0n) is 10.2. The molecule has 3 N–H and O–H groups in total. The number of aromatic nitrogens is 1. The first-order chi connectivity index (χ1) is 7.93. The van der Waals surface area contributed by atoms with Gasteiger partial charge in [0.25, 0.3) is 5.91 Å². The lowest BCUT2D eigenvalue weighted by Crippen LogP contribution is -2.49. The highest BCUT2D eigenvalue weighted by atomic mass is 79.9. The molecule has 1 saturated carbocycles. The van der Waals surface area contributed by atoms with E-state index in [4.69, 9.17) is 5.73 Å². The maximum Gasteiger partial charge on any atom is 0.268 e. The van der Waals surface area contributed by atoms with E-state index in [1.165, 1.54) is 0 Å². The van der Waals surface area contributed by atoms with Gasteiger partial charge in [-0.05, 0) is 48.7 Å². The molecule has 0 bridgehead atoms. The number of carbonyl (C=O) groups excluding carboxylic acids is 1. The highest BCUT2D eigenvalue weighted by molar-refractivity contribution is 9.10. The van der Waals surface area contributed by atoms with Crippen LogP contribution in [0, 0.1) is 0 Å². The molecule has 1 aliphatic carbocycles. The minimum Gasteiger partial charge on any atom is -0.345 e. The summed E-state index contributed by atoms with van der Waals surface area (Å²) in [5.41, 5.74) is 5.95. The molecule has 1 amide bonds. The van der Waals surface area contributed by atoms with Crippen LogP contribution in [0.15, 0.2) is 16.7 Å². The van der Waals surface area contributed by atoms with Crippen molar-refractivity contribution in [3.63, 3.8) is 0 Å². The lowest BCUT2D eigenvalue weighted by Gasteiger charge is -2.24. The number of nitrogens with two attached hydrogens (primary N) is 1. The molecule has 0 spiro atoms. The van der Waals surface area contributed by atoms with Crippen molar-refractivity contribution in [2.75, 3.05) is 6.54 Å². The lowest BCUT2D eigenvalue weighted by atomic mass is 10.1. The molecule has 1 fully saturated rings. The number of halogens is 1. The molecule has 0 radical (unpaired) electrons. The largest absolute Gasteiger partial charge is 0.345 e. The second-order valence-corrected chi connectivity index (χ2v) is 6.14. The van der Waals surface area contributed by atoms with Gasteiger partial charge in [-0.15, -0.1) is 0 Å². The van der Waals surface area contributed by atoms with E-state index in [0.717, 1.165) is 17.3 Å². The summed E-state index contributed by atoms with van der Waals surface area (Å²) in [6, 6.07) is 2.35. The summed E-state index contributed by atoms with van der Waals surface area (Å²) in [4.78, 5) is 12.2. The third-order valence-corrected chi connectivity index (χ3v) is 3.38. The summed E-state index contributed by atoms with van der Waals surface area (Å²) < 4.78 is 2.99. The number of carbonyl (C=O) groups is 1. The van der Waals surface area contributed by atoms with Crippen LogP contribution >= 0.6 is 15.9 Å². The van der Waals surface area contributed by atoms with E-state index in [1.807, 2.05) is 30.7 Å². The van der Waals surface area contributed by atoms with Crippen molar-refractivity contribution >= 4 is 21.8 Å². The topological polar surface area (TPSA) is 60.0 Å². The normalized spacial score (nSPS) is 16.0. The molecule has 17 heavy (non-hydrogen) atoms. The third-order valence-electron chi connectivity index (χ3n) is 2.95. The molecule has 4 nitrogen and oxygen atoms in total. The first-order valence-electron chi connectivity index (χ1n) is 5.83. The van der Waals surface area contributed by atoms with Gasteiger partial charge in [-0.25, -0.2) is 0 Å². The molecule has 1 aliphatic rings. The van der Waals surface area contributed by atoms with E-state index in [1.54, 1.807) is 0 Å². The zero-order chi connectivity index (χ0) is 12.6. The van der Waals surface area contributed by atoms with Gasteiger partial charge in [0.15, 0.2) is 0 Å². The first-order valence-corrected chi connectivity index (χ1v) is 6.62. The molecule has 5 heteroatoms. The molecule has 0 atom stereocenters. The van der Waals surface area contributed by atoms with Crippen LogP contribution < -0.4 is 11.1 Å². The summed E-state index contributed by atoms with van der Waals surface area (Å²) in [5.74, 6) is -0.0574. The maximum atomic E-state index is 12.2. The lowest BCUT2D eigenvalue weighted by molar-refractivity contribution is 0.0906. The minimum atomic E-state index is -0.373. The second kappa shape index (κ2) is 4.46. The Bertz CT molecular complexity index is 435. The van der Waals surface area contributed by atoms with Gasteiger partial charge in [-0.2, -0.15) is 0 Å². The van der Waals surface area contributed by atoms with Crippen LogP contribution in [0.5, 0.6) is 0 Å². The van der Waals surface area contributed by atoms with E-state index in [2.05, 4.69) is 21.2 Å². The molecular formula is C12H18BrN3O. The van der Waals surface area contributed by atoms with Gasteiger partial charge < -0.3 is 15.6 Å². The van der Waals surface area contributed by atoms with Gasteiger partial charge >= 0.3 is 0 Å². The smallest absolute Gasteiger partial charge is 0.268 e. The second-order valence-electron chi connectivity index (χ2n) is 5.22. The van der Waals surface area contributed by atoms with Crippen molar-refractivity contribution in [2.45, 2.75) is 38.3 Å². The van der Waals surface area contributed by atoms with Gasteiger partial charge in [0.2, 0.25) is 0 Å². The van der Waals surface area contributed by atoms with Crippen LogP contribution in [0.25, 0.3) is 0 Å². The number of rotatable bonds is 4. The molecule has 0 aromatic carbocycles. The first kappa shape index (κ1) is 12.6. The standard InChI is InChI=1S/C12H18BrN3O/c1-12(2,7-14)15-11(17)10-5-8(13)6-16(10)9-3-4-9/h5-6,9H,3-4,7,14H2,1-2H3,(H,15,17). The summed E-state index contributed by atoms with van der Waals surface area (Å²) in [7, 11) is 0. The van der Waals surface area contributed by atoms with Crippen molar-refractivity contribution in [1.82, 2.24) is 9.88 Å². The molecule has 1 heterocycles. The predicted molar refractivity (Wildman–Crippen MR) is 71.0 cm³/mol. The van der Waals surface area contributed by atoms with Crippen LogP contribution in [-0.2, 0) is 0 Å². The van der Waals surface area contributed by atoms with Crippen LogP contribution in [0.3, 0.4) is 0 Å². The maximum absolute atomic E-state index is 12.2. The van der Waals surface area contributed by atoms with Crippen molar-refractivity contribution in [1.29, 1.82) is 0 Å². The number of nitrogens with zero attached hydrogens (tertiary/aromatic N) is 1. The highest BCUT2D eigenvalue weighted by Gasteiger charge is 2.29. The molecular weight excluding hydrogens is 282 g/mol. The molecule has 1 aromatic rings. The quantitative estimate of drug-likeness (QED) is 0.894. The van der Waals surface area contributed by atoms with E-state index in [9.17, 15) is 4.79 Å². The average Bonchev–Trinajstić information content (AvgIpc) is 3.01. The summed E-state index contributed by atoms with van der Waals surface area (Å²) in [6.07, 6.45) is 4.28. The molecule has 94 valence electrons. The van der Waals surface area contributed by atoms with Crippen LogP contribution in [0.1, 0.15) is 43.2 Å². The molecule has 0 saturated heterocycles. The zero-order valence-corrected chi connectivity index (χ0v) is 11.8. The molecule has 2 rings (SSSR count). The van der Waals surface area contributed by atoms with Crippen molar-refractivity contribution in [2.24, 2.45) is 5.73 Å². The SMILES string of the molecule is CC(C)(CN)NC(=O)c1cc(Br)cn1C1CC1.